The quantitative estimate of drug-likeness (QED) is 0.519. The Morgan fingerprint density at radius 1 is 0.517 bits per heavy atom. The fraction of sp³-hybridized carbons (Fsp3) is 0.500. The molecular weight excluding hydrogens is 453 g/mol. The summed E-state index contributed by atoms with van der Waals surface area (Å²) < 4.78 is 180. The van der Waals surface area contributed by atoms with Gasteiger partial charge in [0.15, 0.2) is 0 Å². The van der Waals surface area contributed by atoms with Gasteiger partial charge in [0.25, 0.3) is 0 Å². The van der Waals surface area contributed by atoms with Crippen LogP contribution in [0.5, 0.6) is 0 Å². The third-order valence-electron chi connectivity index (χ3n) is 3.48. The molecule has 0 aliphatic carbocycles. The van der Waals surface area contributed by atoms with Crippen molar-refractivity contribution in [1.29, 1.82) is 0 Å². The van der Waals surface area contributed by atoms with E-state index in [-0.39, 0.29) is 0 Å². The first kappa shape index (κ1) is 25.3. The van der Waals surface area contributed by atoms with Crippen LogP contribution >= 0.6 is 0 Å². The summed E-state index contributed by atoms with van der Waals surface area (Å²) >= 11 is 0. The van der Waals surface area contributed by atoms with Gasteiger partial charge in [0.2, 0.25) is 0 Å². The summed E-state index contributed by atoms with van der Waals surface area (Å²) in [6.07, 6.45) is -14.0. The minimum absolute atomic E-state index is 0.602. The van der Waals surface area contributed by atoms with E-state index < -0.39 is 77.9 Å². The SMILES string of the molecule is OB(O)c1cc(C(F)(F)C(F)(F)C(F)(F)F)cc(C(F)(F)C(F)(F)C(F)(F)F)c1. The van der Waals surface area contributed by atoms with E-state index >= 15 is 0 Å². The van der Waals surface area contributed by atoms with Gasteiger partial charge in [-0.15, -0.1) is 0 Å². The number of alkyl halides is 14. The smallest absolute Gasteiger partial charge is 0.423 e. The van der Waals surface area contributed by atoms with E-state index in [4.69, 9.17) is 10.0 Å². The molecule has 0 heterocycles. The lowest BCUT2D eigenvalue weighted by Crippen LogP contribution is -2.52. The minimum Gasteiger partial charge on any atom is -0.423 e. The summed E-state index contributed by atoms with van der Waals surface area (Å²) in [5, 5.41) is 17.6. The molecule has 0 spiro atoms. The maximum atomic E-state index is 13.7. The molecule has 1 aromatic carbocycles. The van der Waals surface area contributed by atoms with Gasteiger partial charge < -0.3 is 10.0 Å². The molecule has 0 aliphatic rings. The molecule has 17 heteroatoms. The topological polar surface area (TPSA) is 40.5 Å². The standard InChI is InChI=1S/C12H5BF14O2/c14-7(15,9(18,19)11(22,23)24)4-1-5(3-6(2-4)13(28)29)8(16,17)10(20,21)12(25,26)27/h1-3,28-29H. The summed E-state index contributed by atoms with van der Waals surface area (Å²) in [5.74, 6) is -27.0. The lowest BCUT2D eigenvalue weighted by Gasteiger charge is -2.31. The summed E-state index contributed by atoms with van der Waals surface area (Å²) in [5.41, 5.74) is -7.43. The van der Waals surface area contributed by atoms with Crippen molar-refractivity contribution in [3.63, 3.8) is 0 Å². The Morgan fingerprint density at radius 3 is 1.00 bits per heavy atom. The third-order valence-corrected chi connectivity index (χ3v) is 3.48. The van der Waals surface area contributed by atoms with Gasteiger partial charge in [-0.1, -0.05) is 12.1 Å². The van der Waals surface area contributed by atoms with E-state index in [1.165, 1.54) is 0 Å². The highest BCUT2D eigenvalue weighted by molar-refractivity contribution is 6.58. The monoisotopic (exact) mass is 458 g/mol. The molecule has 2 nitrogen and oxygen atoms in total. The van der Waals surface area contributed by atoms with Crippen molar-refractivity contribution in [2.45, 2.75) is 36.0 Å². The molecule has 0 saturated carbocycles. The number of halogens is 14. The van der Waals surface area contributed by atoms with Gasteiger partial charge in [-0.25, -0.2) is 0 Å². The molecule has 29 heavy (non-hydrogen) atoms. The van der Waals surface area contributed by atoms with E-state index in [1.54, 1.807) is 0 Å². The number of benzene rings is 1. The lowest BCUT2D eigenvalue weighted by atomic mass is 9.76. The maximum absolute atomic E-state index is 13.7. The molecular formula is C12H5BF14O2. The van der Waals surface area contributed by atoms with Gasteiger partial charge in [0, 0.05) is 11.1 Å². The van der Waals surface area contributed by atoms with E-state index in [1.807, 2.05) is 0 Å². The molecule has 1 rings (SSSR count). The Balaban J connectivity index is 3.83. The van der Waals surface area contributed by atoms with E-state index in [0.717, 1.165) is 0 Å². The van der Waals surface area contributed by atoms with Crippen LogP contribution in [0.1, 0.15) is 11.1 Å². The molecule has 0 aromatic heterocycles. The summed E-state index contributed by atoms with van der Waals surface area (Å²) in [4.78, 5) is 0. The molecule has 166 valence electrons. The van der Waals surface area contributed by atoms with Crippen LogP contribution in [0.3, 0.4) is 0 Å². The molecule has 0 fully saturated rings. The van der Waals surface area contributed by atoms with Crippen molar-refractivity contribution < 1.29 is 71.5 Å². The summed E-state index contributed by atoms with van der Waals surface area (Å²) in [6.45, 7) is 0. The third kappa shape index (κ3) is 3.97. The Hall–Kier alpha value is -1.78. The van der Waals surface area contributed by atoms with Crippen molar-refractivity contribution in [2.24, 2.45) is 0 Å². The molecule has 1 aromatic rings. The van der Waals surface area contributed by atoms with Gasteiger partial charge in [-0.2, -0.15) is 61.5 Å². The Bertz CT molecular complexity index is 696. The average Bonchev–Trinajstić information content (AvgIpc) is 2.51. The zero-order valence-electron chi connectivity index (χ0n) is 13.0. The first-order chi connectivity index (χ1) is 12.5. The van der Waals surface area contributed by atoms with Gasteiger partial charge >= 0.3 is 43.2 Å². The zero-order chi connectivity index (χ0) is 23.4. The molecule has 0 aliphatic heterocycles. The number of hydrogen-bond donors (Lipinski definition) is 2. The highest BCUT2D eigenvalue weighted by Gasteiger charge is 2.75. The molecule has 2 N–H and O–H groups in total. The average molecular weight is 458 g/mol. The Morgan fingerprint density at radius 2 is 0.793 bits per heavy atom. The van der Waals surface area contributed by atoms with Crippen LogP contribution in [0.2, 0.25) is 0 Å². The van der Waals surface area contributed by atoms with Crippen molar-refractivity contribution >= 4 is 12.6 Å². The number of hydrogen-bond acceptors (Lipinski definition) is 2. The van der Waals surface area contributed by atoms with Crippen LogP contribution in [0, 0.1) is 0 Å². The first-order valence-corrected chi connectivity index (χ1v) is 6.68. The molecule has 0 saturated heterocycles. The summed E-state index contributed by atoms with van der Waals surface area (Å²) in [7, 11) is -3.20. The van der Waals surface area contributed by atoms with Gasteiger partial charge in [0.05, 0.1) is 0 Å². The lowest BCUT2D eigenvalue weighted by molar-refractivity contribution is -0.361. The van der Waals surface area contributed by atoms with Gasteiger partial charge in [0.1, 0.15) is 0 Å². The highest BCUT2D eigenvalue weighted by Crippen LogP contribution is 2.54. The predicted molar refractivity (Wildman–Crippen MR) is 66.1 cm³/mol. The van der Waals surface area contributed by atoms with Crippen LogP contribution in [-0.4, -0.2) is 41.4 Å². The molecule has 0 radical (unpaired) electrons. The van der Waals surface area contributed by atoms with Crippen LogP contribution in [0.25, 0.3) is 0 Å². The molecule has 0 amide bonds. The molecule has 0 atom stereocenters. The van der Waals surface area contributed by atoms with Crippen LogP contribution < -0.4 is 5.46 Å². The first-order valence-electron chi connectivity index (χ1n) is 6.68. The highest BCUT2D eigenvalue weighted by atomic mass is 19.4. The Labute approximate surface area is 150 Å². The second-order valence-corrected chi connectivity index (χ2v) is 5.51. The van der Waals surface area contributed by atoms with Crippen molar-refractivity contribution in [3.05, 3.63) is 29.3 Å². The second kappa shape index (κ2) is 6.89. The molecule has 0 unspecified atom stereocenters. The Kier molecular flexibility index (Phi) is 6.00. The summed E-state index contributed by atoms with van der Waals surface area (Å²) in [6, 6.07) is -2.35. The van der Waals surface area contributed by atoms with Crippen molar-refractivity contribution in [1.82, 2.24) is 0 Å². The van der Waals surface area contributed by atoms with E-state index in [0.29, 0.717) is 0 Å². The zero-order valence-corrected chi connectivity index (χ0v) is 13.0. The fourth-order valence-electron chi connectivity index (χ4n) is 1.88. The largest absolute Gasteiger partial charge is 0.488 e. The van der Waals surface area contributed by atoms with Crippen molar-refractivity contribution in [3.8, 4) is 0 Å². The molecule has 0 bridgehead atoms. The van der Waals surface area contributed by atoms with E-state index in [2.05, 4.69) is 0 Å². The van der Waals surface area contributed by atoms with Crippen molar-refractivity contribution in [2.75, 3.05) is 0 Å². The second-order valence-electron chi connectivity index (χ2n) is 5.51. The van der Waals surface area contributed by atoms with Gasteiger partial charge in [-0.3, -0.25) is 0 Å². The minimum atomic E-state index is -7.01. The predicted octanol–water partition coefficient (Wildman–Crippen LogP) is 3.95. The van der Waals surface area contributed by atoms with Crippen LogP contribution in [0.15, 0.2) is 18.2 Å². The van der Waals surface area contributed by atoms with Crippen LogP contribution in [-0.2, 0) is 11.8 Å². The fourth-order valence-corrected chi connectivity index (χ4v) is 1.88. The maximum Gasteiger partial charge on any atom is 0.488 e. The van der Waals surface area contributed by atoms with Gasteiger partial charge in [-0.05, 0) is 11.5 Å². The van der Waals surface area contributed by atoms with E-state index in [9.17, 15) is 61.5 Å². The van der Waals surface area contributed by atoms with Crippen LogP contribution in [0.4, 0.5) is 61.5 Å². The number of rotatable bonds is 5. The normalized spacial score (nSPS) is 14.9.